The summed E-state index contributed by atoms with van der Waals surface area (Å²) >= 11 is 12.0. The number of ether oxygens (including phenoxy) is 1. The molecule has 0 aromatic heterocycles. The van der Waals surface area contributed by atoms with Crippen molar-refractivity contribution >= 4 is 40.8 Å². The lowest BCUT2D eigenvalue weighted by atomic mass is 10.1. The van der Waals surface area contributed by atoms with Crippen LogP contribution in [0.25, 0.3) is 0 Å². The van der Waals surface area contributed by atoms with E-state index < -0.39 is 5.97 Å². The summed E-state index contributed by atoms with van der Waals surface area (Å²) in [6.45, 7) is 1.85. The fourth-order valence-corrected chi connectivity index (χ4v) is 2.69. The zero-order valence-electron chi connectivity index (χ0n) is 13.4. The molecule has 6 heteroatoms. The van der Waals surface area contributed by atoms with Crippen molar-refractivity contribution in [3.05, 3.63) is 63.1 Å². The van der Waals surface area contributed by atoms with Crippen molar-refractivity contribution < 1.29 is 14.3 Å². The highest BCUT2D eigenvalue weighted by molar-refractivity contribution is 6.35. The Balaban J connectivity index is 2.03. The smallest absolute Gasteiger partial charge is 0.337 e. The van der Waals surface area contributed by atoms with E-state index in [1.807, 2.05) is 6.92 Å². The molecule has 0 fully saturated rings. The average Bonchev–Trinajstić information content (AvgIpc) is 2.55. The number of halogens is 2. The third-order valence-electron chi connectivity index (χ3n) is 3.57. The van der Waals surface area contributed by atoms with Gasteiger partial charge in [-0.1, -0.05) is 35.3 Å². The van der Waals surface area contributed by atoms with Gasteiger partial charge in [0, 0.05) is 22.2 Å². The van der Waals surface area contributed by atoms with E-state index in [0.29, 0.717) is 27.7 Å². The zero-order chi connectivity index (χ0) is 17.7. The quantitative estimate of drug-likeness (QED) is 0.783. The summed E-state index contributed by atoms with van der Waals surface area (Å²) in [6.07, 6.45) is 0.765. The molecular weight excluding hydrogens is 349 g/mol. The number of anilines is 1. The standard InChI is InChI=1S/C18H17Cl2NO3/c1-11-3-4-13(18(23)24-2)9-16(11)21-17(22)8-6-12-5-7-14(19)10-15(12)20/h3-5,7,9-10H,6,8H2,1-2H3,(H,21,22). The van der Waals surface area contributed by atoms with Gasteiger partial charge >= 0.3 is 5.97 Å². The SMILES string of the molecule is COC(=O)c1ccc(C)c(NC(=O)CCc2ccc(Cl)cc2Cl)c1. The van der Waals surface area contributed by atoms with E-state index in [1.54, 1.807) is 36.4 Å². The topological polar surface area (TPSA) is 55.4 Å². The maximum Gasteiger partial charge on any atom is 0.337 e. The number of carbonyl (C=O) groups excluding carboxylic acids is 2. The molecule has 0 unspecified atom stereocenters. The molecule has 1 amide bonds. The van der Waals surface area contributed by atoms with Gasteiger partial charge in [0.15, 0.2) is 0 Å². The largest absolute Gasteiger partial charge is 0.465 e. The van der Waals surface area contributed by atoms with Crippen molar-refractivity contribution in [3.63, 3.8) is 0 Å². The van der Waals surface area contributed by atoms with Crippen LogP contribution in [0.1, 0.15) is 27.9 Å². The molecule has 126 valence electrons. The van der Waals surface area contributed by atoms with E-state index in [4.69, 9.17) is 23.2 Å². The third kappa shape index (κ3) is 4.73. The molecule has 0 saturated heterocycles. The number of rotatable bonds is 5. The van der Waals surface area contributed by atoms with Crippen LogP contribution in [-0.2, 0) is 16.0 Å². The molecule has 24 heavy (non-hydrogen) atoms. The number of hydrogen-bond acceptors (Lipinski definition) is 3. The Labute approximate surface area is 150 Å². The first-order chi connectivity index (χ1) is 11.4. The predicted molar refractivity (Wildman–Crippen MR) is 95.9 cm³/mol. The number of methoxy groups -OCH3 is 1. The fourth-order valence-electron chi connectivity index (χ4n) is 2.19. The van der Waals surface area contributed by atoms with Crippen molar-refractivity contribution in [1.29, 1.82) is 0 Å². The Bertz CT molecular complexity index is 775. The monoisotopic (exact) mass is 365 g/mol. The Morgan fingerprint density at radius 1 is 1.12 bits per heavy atom. The van der Waals surface area contributed by atoms with Crippen molar-refractivity contribution in [3.8, 4) is 0 Å². The van der Waals surface area contributed by atoms with Crippen LogP contribution in [0.3, 0.4) is 0 Å². The second-order valence-electron chi connectivity index (χ2n) is 5.31. The molecule has 0 heterocycles. The van der Waals surface area contributed by atoms with E-state index in [-0.39, 0.29) is 12.3 Å². The molecule has 0 radical (unpaired) electrons. The highest BCUT2D eigenvalue weighted by Gasteiger charge is 2.11. The fraction of sp³-hybridized carbons (Fsp3) is 0.222. The van der Waals surface area contributed by atoms with Crippen LogP contribution in [0, 0.1) is 6.92 Å². The van der Waals surface area contributed by atoms with Crippen LogP contribution in [0.4, 0.5) is 5.69 Å². The first kappa shape index (κ1) is 18.3. The average molecular weight is 366 g/mol. The maximum absolute atomic E-state index is 12.2. The van der Waals surface area contributed by atoms with Crippen molar-refractivity contribution in [2.75, 3.05) is 12.4 Å². The molecule has 2 aromatic rings. The first-order valence-corrected chi connectivity index (χ1v) is 8.09. The van der Waals surface area contributed by atoms with E-state index in [1.165, 1.54) is 7.11 Å². The normalized spacial score (nSPS) is 10.3. The lowest BCUT2D eigenvalue weighted by Crippen LogP contribution is -2.14. The van der Waals surface area contributed by atoms with Gasteiger partial charge in [-0.25, -0.2) is 4.79 Å². The summed E-state index contributed by atoms with van der Waals surface area (Å²) in [5.74, 6) is -0.607. The lowest BCUT2D eigenvalue weighted by Gasteiger charge is -2.10. The van der Waals surface area contributed by atoms with Gasteiger partial charge in [0.1, 0.15) is 0 Å². The second-order valence-corrected chi connectivity index (χ2v) is 6.15. The summed E-state index contributed by atoms with van der Waals surface area (Å²) in [5.41, 5.74) is 2.70. The van der Waals surface area contributed by atoms with Crippen LogP contribution in [0.2, 0.25) is 10.0 Å². The van der Waals surface area contributed by atoms with Gasteiger partial charge in [-0.3, -0.25) is 4.79 Å². The van der Waals surface area contributed by atoms with Crippen LogP contribution in [0.5, 0.6) is 0 Å². The number of amides is 1. The molecular formula is C18H17Cl2NO3. The van der Waals surface area contributed by atoms with Crippen molar-refractivity contribution in [2.45, 2.75) is 19.8 Å². The molecule has 4 nitrogen and oxygen atoms in total. The minimum Gasteiger partial charge on any atom is -0.465 e. The van der Waals surface area contributed by atoms with Crippen LogP contribution >= 0.6 is 23.2 Å². The van der Waals surface area contributed by atoms with Gasteiger partial charge < -0.3 is 10.1 Å². The van der Waals surface area contributed by atoms with E-state index in [0.717, 1.165) is 11.1 Å². The third-order valence-corrected chi connectivity index (χ3v) is 4.16. The number of aryl methyl sites for hydroxylation is 2. The molecule has 2 rings (SSSR count). The number of esters is 1. The number of carbonyl (C=O) groups is 2. The molecule has 0 spiro atoms. The molecule has 0 aliphatic rings. The minimum absolute atomic E-state index is 0.161. The van der Waals surface area contributed by atoms with Gasteiger partial charge in [0.2, 0.25) is 5.91 Å². The predicted octanol–water partition coefficient (Wildman–Crippen LogP) is 4.66. The maximum atomic E-state index is 12.2. The molecule has 0 bridgehead atoms. The number of nitrogens with one attached hydrogen (secondary N) is 1. The Morgan fingerprint density at radius 3 is 2.54 bits per heavy atom. The molecule has 0 atom stereocenters. The minimum atomic E-state index is -0.446. The highest BCUT2D eigenvalue weighted by Crippen LogP contribution is 2.23. The van der Waals surface area contributed by atoms with Crippen molar-refractivity contribution in [1.82, 2.24) is 0 Å². The first-order valence-electron chi connectivity index (χ1n) is 7.33. The van der Waals surface area contributed by atoms with E-state index in [2.05, 4.69) is 10.1 Å². The number of benzene rings is 2. The number of hydrogen-bond donors (Lipinski definition) is 1. The molecule has 1 N–H and O–H groups in total. The summed E-state index contributed by atoms with van der Waals surface area (Å²) in [7, 11) is 1.32. The molecule has 0 aliphatic carbocycles. The van der Waals surface area contributed by atoms with Crippen LogP contribution in [0.15, 0.2) is 36.4 Å². The van der Waals surface area contributed by atoms with Gasteiger partial charge in [0.05, 0.1) is 12.7 Å². The van der Waals surface area contributed by atoms with Gasteiger partial charge in [-0.15, -0.1) is 0 Å². The van der Waals surface area contributed by atoms with Gasteiger partial charge in [-0.05, 0) is 48.7 Å². The molecule has 0 aliphatic heterocycles. The van der Waals surface area contributed by atoms with Gasteiger partial charge in [0.25, 0.3) is 0 Å². The van der Waals surface area contributed by atoms with Crippen LogP contribution < -0.4 is 5.32 Å². The second kappa shape index (κ2) is 8.18. The highest BCUT2D eigenvalue weighted by atomic mass is 35.5. The molecule has 0 saturated carbocycles. The van der Waals surface area contributed by atoms with Gasteiger partial charge in [-0.2, -0.15) is 0 Å². The summed E-state index contributed by atoms with van der Waals surface area (Å²) in [6, 6.07) is 10.2. The Kier molecular flexibility index (Phi) is 6.23. The van der Waals surface area contributed by atoms with Crippen LogP contribution in [-0.4, -0.2) is 19.0 Å². The summed E-state index contributed by atoms with van der Waals surface area (Å²) in [5, 5.41) is 3.91. The summed E-state index contributed by atoms with van der Waals surface area (Å²) in [4.78, 5) is 23.7. The Morgan fingerprint density at radius 2 is 1.88 bits per heavy atom. The molecule has 2 aromatic carbocycles. The lowest BCUT2D eigenvalue weighted by molar-refractivity contribution is -0.116. The summed E-state index contributed by atoms with van der Waals surface area (Å²) < 4.78 is 4.69. The van der Waals surface area contributed by atoms with Crippen molar-refractivity contribution in [2.24, 2.45) is 0 Å². The zero-order valence-corrected chi connectivity index (χ0v) is 14.9. The Hall–Kier alpha value is -2.04. The van der Waals surface area contributed by atoms with E-state index in [9.17, 15) is 9.59 Å². The van der Waals surface area contributed by atoms with E-state index >= 15 is 0 Å².